The molecule has 8 aliphatic rings. The van der Waals surface area contributed by atoms with Crippen molar-refractivity contribution in [2.45, 2.75) is 225 Å². The number of hydrogen-bond acceptors (Lipinski definition) is 18. The lowest BCUT2D eigenvalue weighted by molar-refractivity contribution is -0.355. The Balaban J connectivity index is 1.02. The first-order chi connectivity index (χ1) is 32.3. The van der Waals surface area contributed by atoms with E-state index in [4.69, 9.17) is 33.2 Å². The number of carbonyl (C=O) groups excluding carboxylic acids is 2. The SMILES string of the molecule is CCCCOC(=O)C1OC(OC2CCC3(C)C(CCC4(C)C3CC=C3C5CC(C)(C)CCC5(C(=O)OC5OC(CO)C(O)C(O)C5O)CCC34C)C2(C)C)C(O)C(O)C1OC1OCC(O)C(O)C1O. The maximum atomic E-state index is 14.7. The van der Waals surface area contributed by atoms with Crippen molar-refractivity contribution in [2.24, 2.45) is 50.2 Å². The minimum atomic E-state index is -1.76. The van der Waals surface area contributed by atoms with Crippen LogP contribution in [0.3, 0.4) is 0 Å². The number of unbranched alkanes of at least 4 members (excludes halogenated alkanes) is 1. The predicted molar refractivity (Wildman–Crippen MR) is 243 cm³/mol. The summed E-state index contributed by atoms with van der Waals surface area (Å²) >= 11 is 0. The number of allylic oxidation sites excluding steroid dienone is 2. The highest BCUT2D eigenvalue weighted by Crippen LogP contribution is 2.76. The second-order valence-electron chi connectivity index (χ2n) is 24.2. The molecular weight excluding hydrogens is 901 g/mol. The molecule has 0 aromatic heterocycles. The summed E-state index contributed by atoms with van der Waals surface area (Å²) in [5, 5.41) is 95.8. The van der Waals surface area contributed by atoms with E-state index in [1.165, 1.54) is 5.57 Å². The Morgan fingerprint density at radius 2 is 1.41 bits per heavy atom. The van der Waals surface area contributed by atoms with Gasteiger partial charge in [0.25, 0.3) is 0 Å². The number of ether oxygens (including phenoxy) is 7. The highest BCUT2D eigenvalue weighted by molar-refractivity contribution is 5.79. The van der Waals surface area contributed by atoms with Gasteiger partial charge in [-0.05, 0) is 115 Å². The molecule has 0 bridgehead atoms. The molecule has 0 amide bonds. The monoisotopic (exact) mass is 983 g/mol. The Morgan fingerprint density at radius 3 is 2.10 bits per heavy atom. The van der Waals surface area contributed by atoms with E-state index < -0.39 is 121 Å². The molecule has 69 heavy (non-hydrogen) atoms. The zero-order chi connectivity index (χ0) is 50.4. The Hall–Kier alpha value is -1.88. The van der Waals surface area contributed by atoms with Crippen LogP contribution in [-0.4, -0.2) is 170 Å². The number of aliphatic hydroxyl groups is 9. The van der Waals surface area contributed by atoms with Crippen molar-refractivity contribution >= 4 is 11.9 Å². The van der Waals surface area contributed by atoms with Crippen LogP contribution in [0.5, 0.6) is 0 Å². The molecule has 3 heterocycles. The summed E-state index contributed by atoms with van der Waals surface area (Å²) < 4.78 is 41.4. The molecule has 4 saturated carbocycles. The summed E-state index contributed by atoms with van der Waals surface area (Å²) in [7, 11) is 0. The first-order valence-corrected chi connectivity index (χ1v) is 25.7. The smallest absolute Gasteiger partial charge is 0.338 e. The fraction of sp³-hybridized carbons (Fsp3) is 0.922. The van der Waals surface area contributed by atoms with Crippen LogP contribution in [0.1, 0.15) is 132 Å². The van der Waals surface area contributed by atoms with E-state index in [1.807, 2.05) is 6.92 Å². The Labute approximate surface area is 406 Å². The van der Waals surface area contributed by atoms with Crippen LogP contribution in [0.4, 0.5) is 0 Å². The lowest BCUT2D eigenvalue weighted by Gasteiger charge is -2.71. The summed E-state index contributed by atoms with van der Waals surface area (Å²) in [6.45, 7) is 17.1. The van der Waals surface area contributed by atoms with Gasteiger partial charge in [0.05, 0.1) is 31.3 Å². The number of fused-ring (bicyclic) bond motifs is 7. The molecule has 22 atom stereocenters. The number of carbonyl (C=O) groups is 2. The summed E-state index contributed by atoms with van der Waals surface area (Å²) in [5.74, 6) is -1.07. The molecular formula is C51H82O18. The average Bonchev–Trinajstić information content (AvgIpc) is 3.29. The van der Waals surface area contributed by atoms with Gasteiger partial charge in [0.15, 0.2) is 18.7 Å². The molecule has 0 radical (unpaired) electrons. The molecule has 18 nitrogen and oxygen atoms in total. The predicted octanol–water partition coefficient (Wildman–Crippen LogP) is 2.13. The molecule has 8 rings (SSSR count). The first kappa shape index (κ1) is 53.4. The Kier molecular flexibility index (Phi) is 15.0. The summed E-state index contributed by atoms with van der Waals surface area (Å²) in [5.41, 5.74) is -0.715. The fourth-order valence-corrected chi connectivity index (χ4v) is 15.1. The van der Waals surface area contributed by atoms with Crippen molar-refractivity contribution in [3.05, 3.63) is 11.6 Å². The van der Waals surface area contributed by atoms with E-state index in [0.717, 1.165) is 51.4 Å². The molecule has 9 N–H and O–H groups in total. The van der Waals surface area contributed by atoms with E-state index in [9.17, 15) is 55.5 Å². The van der Waals surface area contributed by atoms with Crippen molar-refractivity contribution in [1.29, 1.82) is 0 Å². The van der Waals surface area contributed by atoms with Crippen molar-refractivity contribution in [3.8, 4) is 0 Å². The fourth-order valence-electron chi connectivity index (χ4n) is 15.1. The van der Waals surface area contributed by atoms with Gasteiger partial charge < -0.3 is 79.1 Å². The van der Waals surface area contributed by atoms with Crippen LogP contribution in [0.25, 0.3) is 0 Å². The summed E-state index contributed by atoms with van der Waals surface area (Å²) in [6.07, 6.45) is -11.3. The highest BCUT2D eigenvalue weighted by atomic mass is 16.7. The lowest BCUT2D eigenvalue weighted by Crippen LogP contribution is -2.67. The van der Waals surface area contributed by atoms with Crippen LogP contribution in [0.15, 0.2) is 11.6 Å². The maximum absolute atomic E-state index is 14.7. The topological polar surface area (TPSA) is 281 Å². The largest absolute Gasteiger partial charge is 0.464 e. The third-order valence-electron chi connectivity index (χ3n) is 19.6. The molecule has 18 heteroatoms. The molecule has 3 aliphatic heterocycles. The maximum Gasteiger partial charge on any atom is 0.338 e. The van der Waals surface area contributed by atoms with Crippen LogP contribution in [0.2, 0.25) is 0 Å². The van der Waals surface area contributed by atoms with Crippen LogP contribution in [-0.2, 0) is 42.7 Å². The van der Waals surface area contributed by atoms with Gasteiger partial charge in [0.1, 0.15) is 61.0 Å². The molecule has 0 aromatic rings. The first-order valence-electron chi connectivity index (χ1n) is 25.7. The molecule has 22 unspecified atom stereocenters. The van der Waals surface area contributed by atoms with E-state index in [1.54, 1.807) is 0 Å². The Morgan fingerprint density at radius 1 is 0.725 bits per heavy atom. The van der Waals surface area contributed by atoms with Crippen molar-refractivity contribution < 1.29 is 88.7 Å². The van der Waals surface area contributed by atoms with Gasteiger partial charge in [-0.3, -0.25) is 4.79 Å². The zero-order valence-electron chi connectivity index (χ0n) is 41.8. The van der Waals surface area contributed by atoms with Gasteiger partial charge in [-0.2, -0.15) is 0 Å². The van der Waals surface area contributed by atoms with Gasteiger partial charge in [0.2, 0.25) is 6.29 Å². The number of aliphatic hydroxyl groups excluding tert-OH is 9. The normalized spacial score (nSPS) is 50.3. The summed E-state index contributed by atoms with van der Waals surface area (Å²) in [6, 6.07) is 0. The minimum Gasteiger partial charge on any atom is -0.464 e. The molecule has 5 aliphatic carbocycles. The van der Waals surface area contributed by atoms with Gasteiger partial charge >= 0.3 is 11.9 Å². The number of esters is 2. The van der Waals surface area contributed by atoms with E-state index in [2.05, 4.69) is 54.5 Å². The highest BCUT2D eigenvalue weighted by Gasteiger charge is 2.70. The van der Waals surface area contributed by atoms with E-state index in [0.29, 0.717) is 25.7 Å². The standard InChI is InChI=1S/C51H82O18/c1-9-10-21-63-41(61)40-39(67-42-36(58)32(54)27(53)24-64-42)35(57)38(60)44(68-40)66-31-14-15-48(6)29(47(31,4)5)13-16-50(8)30(48)12-11-25-26-22-46(2,3)17-19-51(26,20-18-49(25,50)7)45(62)69-43-37(59)34(56)33(55)28(23-52)65-43/h11,26-40,42-44,52-60H,9-10,12-24H2,1-8H3. The van der Waals surface area contributed by atoms with Crippen LogP contribution in [0, 0.1) is 50.2 Å². The molecule has 7 fully saturated rings. The van der Waals surface area contributed by atoms with E-state index >= 15 is 0 Å². The van der Waals surface area contributed by atoms with E-state index in [-0.39, 0.29) is 52.6 Å². The van der Waals surface area contributed by atoms with Gasteiger partial charge in [-0.15, -0.1) is 0 Å². The molecule has 0 aromatic carbocycles. The second kappa shape index (κ2) is 19.4. The molecule has 0 spiro atoms. The van der Waals surface area contributed by atoms with Crippen LogP contribution < -0.4 is 0 Å². The summed E-state index contributed by atoms with van der Waals surface area (Å²) in [4.78, 5) is 28.3. The quantitative estimate of drug-likeness (QED) is 0.0621. The molecule has 3 saturated heterocycles. The zero-order valence-corrected chi connectivity index (χ0v) is 41.8. The van der Waals surface area contributed by atoms with Gasteiger partial charge in [0, 0.05) is 0 Å². The second-order valence-corrected chi connectivity index (χ2v) is 24.2. The lowest BCUT2D eigenvalue weighted by atomic mass is 9.33. The average molecular weight is 983 g/mol. The Bertz CT molecular complexity index is 1890. The van der Waals surface area contributed by atoms with Gasteiger partial charge in [-0.25, -0.2) is 4.79 Å². The molecule has 394 valence electrons. The number of rotatable bonds is 11. The van der Waals surface area contributed by atoms with Crippen molar-refractivity contribution in [1.82, 2.24) is 0 Å². The van der Waals surface area contributed by atoms with Crippen LogP contribution >= 0.6 is 0 Å². The number of hydrogen-bond donors (Lipinski definition) is 9. The minimum absolute atomic E-state index is 0.0597. The van der Waals surface area contributed by atoms with Crippen molar-refractivity contribution in [2.75, 3.05) is 19.8 Å². The van der Waals surface area contributed by atoms with Crippen molar-refractivity contribution in [3.63, 3.8) is 0 Å². The third-order valence-corrected chi connectivity index (χ3v) is 19.6. The third kappa shape index (κ3) is 8.86. The van der Waals surface area contributed by atoms with Gasteiger partial charge in [-0.1, -0.05) is 73.5 Å².